The highest BCUT2D eigenvalue weighted by Gasteiger charge is 2.68. The molecule has 4 aliphatic rings. The van der Waals surface area contributed by atoms with Crippen molar-refractivity contribution < 1.29 is 34.6 Å². The van der Waals surface area contributed by atoms with Crippen LogP contribution < -0.4 is 5.32 Å². The molecule has 2 heterocycles. The Balaban J connectivity index is 1.52. The van der Waals surface area contributed by atoms with Crippen molar-refractivity contribution in [2.24, 2.45) is 5.92 Å². The number of hydrogen-bond acceptors (Lipinski definition) is 8. The first kappa shape index (κ1) is 24.3. The monoisotopic (exact) mass is 453 g/mol. The summed E-state index contributed by atoms with van der Waals surface area (Å²) in [4.78, 5) is 0. The van der Waals surface area contributed by atoms with Gasteiger partial charge in [-0.3, -0.25) is 0 Å². The largest absolute Gasteiger partial charge is 0.391 e. The lowest BCUT2D eigenvalue weighted by atomic mass is 9.73. The number of rotatable bonds is 7. The summed E-state index contributed by atoms with van der Waals surface area (Å²) in [5, 5.41) is 48.1. The molecule has 3 fully saturated rings. The number of fused-ring (bicyclic) bond motifs is 2. The topological polar surface area (TPSA) is 121 Å². The molecule has 2 aliphatic carbocycles. The number of allylic oxidation sites excluding steroid dienone is 4. The Kier molecular flexibility index (Phi) is 7.15. The van der Waals surface area contributed by atoms with Gasteiger partial charge < -0.3 is 40.0 Å². The van der Waals surface area contributed by atoms with E-state index in [4.69, 9.17) is 14.2 Å². The molecule has 0 spiro atoms. The summed E-state index contributed by atoms with van der Waals surface area (Å²) < 4.78 is 18.1. The van der Waals surface area contributed by atoms with E-state index >= 15 is 0 Å². The van der Waals surface area contributed by atoms with E-state index in [1.165, 1.54) is 5.57 Å². The Morgan fingerprint density at radius 3 is 2.56 bits per heavy atom. The molecule has 182 valence electrons. The Morgan fingerprint density at radius 1 is 1.12 bits per heavy atom. The van der Waals surface area contributed by atoms with Crippen molar-refractivity contribution in [3.63, 3.8) is 0 Å². The lowest BCUT2D eigenvalue weighted by Crippen LogP contribution is -2.78. The summed E-state index contributed by atoms with van der Waals surface area (Å²) in [5.74, 6) is -2.50. The third kappa shape index (κ3) is 4.09. The van der Waals surface area contributed by atoms with Gasteiger partial charge in [0.05, 0.1) is 24.4 Å². The zero-order valence-electron chi connectivity index (χ0n) is 19.3. The summed E-state index contributed by atoms with van der Waals surface area (Å²) >= 11 is 0. The highest BCUT2D eigenvalue weighted by Crippen LogP contribution is 2.49. The molecule has 2 aliphatic heterocycles. The molecule has 0 aromatic heterocycles. The van der Waals surface area contributed by atoms with Gasteiger partial charge in [-0.1, -0.05) is 37.1 Å². The van der Waals surface area contributed by atoms with Gasteiger partial charge in [-0.15, -0.1) is 0 Å². The first-order valence-corrected chi connectivity index (χ1v) is 12.1. The minimum atomic E-state index is -2.09. The minimum absolute atomic E-state index is 0.206. The van der Waals surface area contributed by atoms with Crippen molar-refractivity contribution in [1.29, 1.82) is 0 Å². The first-order chi connectivity index (χ1) is 15.2. The van der Waals surface area contributed by atoms with Crippen LogP contribution >= 0.6 is 0 Å². The van der Waals surface area contributed by atoms with Crippen molar-refractivity contribution in [2.45, 2.75) is 113 Å². The van der Waals surface area contributed by atoms with Crippen LogP contribution in [0.25, 0.3) is 0 Å². The van der Waals surface area contributed by atoms with E-state index < -0.39 is 54.1 Å². The SMILES string of the molecule is CC[C@@H]1[C@H](O)[C@H](NC)[C@H]2O[C@]3(O)[C@H](O[C@@H]2[C@H]1O)O[C@H](C)C[C@@]3(O)CCCCC1=CC=CC1. The Labute approximate surface area is 190 Å². The molecule has 0 radical (unpaired) electrons. The Hall–Kier alpha value is -0.840. The number of aliphatic hydroxyl groups excluding tert-OH is 2. The third-order valence-corrected chi connectivity index (χ3v) is 7.81. The molecule has 2 saturated heterocycles. The molecule has 0 aromatic rings. The van der Waals surface area contributed by atoms with Gasteiger partial charge in [-0.25, -0.2) is 0 Å². The maximum atomic E-state index is 11.7. The maximum Gasteiger partial charge on any atom is 0.248 e. The average Bonchev–Trinajstić information content (AvgIpc) is 3.26. The molecular weight excluding hydrogens is 414 g/mol. The van der Waals surface area contributed by atoms with Gasteiger partial charge in [0.1, 0.15) is 17.8 Å². The summed E-state index contributed by atoms with van der Waals surface area (Å²) in [5.41, 5.74) is -0.195. The zero-order valence-corrected chi connectivity index (χ0v) is 19.3. The fraction of sp³-hybridized carbons (Fsp3) is 0.833. The van der Waals surface area contributed by atoms with E-state index in [1.54, 1.807) is 7.05 Å². The van der Waals surface area contributed by atoms with Gasteiger partial charge in [-0.2, -0.15) is 0 Å². The van der Waals surface area contributed by atoms with E-state index in [1.807, 2.05) is 13.8 Å². The second-order valence-corrected chi connectivity index (χ2v) is 9.93. The molecule has 5 N–H and O–H groups in total. The number of unbranched alkanes of at least 4 members (excludes halogenated alkanes) is 1. The first-order valence-electron chi connectivity index (χ1n) is 12.1. The standard InChI is InChI=1S/C24H39NO7/c1-4-16-18(26)17(25-3)20-21(19(16)27)31-22-24(29,32-20)23(28,13-14(2)30-22)12-8-7-11-15-9-5-6-10-15/h5-6,9,14,16-22,25-29H,4,7-8,10-13H2,1-3H3/t14-,16-,17+,18+,19+,20-,21-,22+,23+,24-/m1/s1. The second kappa shape index (κ2) is 9.43. The number of likely N-dealkylation sites (N-methyl/N-ethyl adjacent to an activating group) is 1. The molecule has 32 heavy (non-hydrogen) atoms. The predicted octanol–water partition coefficient (Wildman–Crippen LogP) is 1.12. The highest BCUT2D eigenvalue weighted by atomic mass is 16.8. The zero-order chi connectivity index (χ0) is 23.1. The van der Waals surface area contributed by atoms with Gasteiger partial charge in [0, 0.05) is 12.3 Å². The molecule has 10 atom stereocenters. The van der Waals surface area contributed by atoms with E-state index in [0.717, 1.165) is 19.3 Å². The van der Waals surface area contributed by atoms with Gasteiger partial charge in [-0.05, 0) is 46.1 Å². The van der Waals surface area contributed by atoms with Gasteiger partial charge >= 0.3 is 0 Å². The molecule has 0 unspecified atom stereocenters. The van der Waals surface area contributed by atoms with E-state index in [9.17, 15) is 20.4 Å². The Morgan fingerprint density at radius 2 is 1.91 bits per heavy atom. The highest BCUT2D eigenvalue weighted by molar-refractivity contribution is 5.22. The molecule has 0 aromatic carbocycles. The van der Waals surface area contributed by atoms with Crippen molar-refractivity contribution in [2.75, 3.05) is 7.05 Å². The number of aliphatic hydroxyl groups is 4. The van der Waals surface area contributed by atoms with Crippen molar-refractivity contribution in [1.82, 2.24) is 5.32 Å². The average molecular weight is 454 g/mol. The molecule has 8 heteroatoms. The maximum absolute atomic E-state index is 11.7. The summed E-state index contributed by atoms with van der Waals surface area (Å²) in [7, 11) is 1.70. The molecule has 4 rings (SSSR count). The smallest absolute Gasteiger partial charge is 0.248 e. The lowest BCUT2D eigenvalue weighted by Gasteiger charge is -2.60. The normalized spacial score (nSPS) is 48.3. The second-order valence-electron chi connectivity index (χ2n) is 9.93. The molecule has 0 amide bonds. The van der Waals surface area contributed by atoms with Crippen LogP contribution in [0, 0.1) is 5.92 Å². The third-order valence-electron chi connectivity index (χ3n) is 7.81. The summed E-state index contributed by atoms with van der Waals surface area (Å²) in [6, 6.07) is -0.566. The quantitative estimate of drug-likeness (QED) is 0.364. The van der Waals surface area contributed by atoms with Crippen LogP contribution in [0.2, 0.25) is 0 Å². The molecule has 1 saturated carbocycles. The van der Waals surface area contributed by atoms with Crippen LogP contribution in [0.3, 0.4) is 0 Å². The van der Waals surface area contributed by atoms with Crippen molar-refractivity contribution in [3.8, 4) is 0 Å². The van der Waals surface area contributed by atoms with E-state index in [2.05, 4.69) is 23.5 Å². The minimum Gasteiger partial charge on any atom is -0.391 e. The van der Waals surface area contributed by atoms with Gasteiger partial charge in [0.2, 0.25) is 12.1 Å². The molecular formula is C24H39NO7. The lowest BCUT2D eigenvalue weighted by molar-refractivity contribution is -0.485. The van der Waals surface area contributed by atoms with Crippen molar-refractivity contribution in [3.05, 3.63) is 23.8 Å². The van der Waals surface area contributed by atoms with Gasteiger partial charge in [0.15, 0.2) is 0 Å². The van der Waals surface area contributed by atoms with Crippen LogP contribution in [0.4, 0.5) is 0 Å². The van der Waals surface area contributed by atoms with Crippen LogP contribution in [-0.4, -0.2) is 81.7 Å². The number of ether oxygens (including phenoxy) is 3. The van der Waals surface area contributed by atoms with Crippen molar-refractivity contribution >= 4 is 0 Å². The Bertz CT molecular complexity index is 729. The van der Waals surface area contributed by atoms with Crippen LogP contribution in [0.1, 0.15) is 58.8 Å². The summed E-state index contributed by atoms with van der Waals surface area (Å²) in [6.45, 7) is 3.74. The van der Waals surface area contributed by atoms with Crippen LogP contribution in [0.15, 0.2) is 23.8 Å². The van der Waals surface area contributed by atoms with Crippen LogP contribution in [-0.2, 0) is 14.2 Å². The molecule has 8 nitrogen and oxygen atoms in total. The fourth-order valence-corrected chi connectivity index (χ4v) is 5.98. The van der Waals surface area contributed by atoms with Gasteiger partial charge in [0.25, 0.3) is 0 Å². The number of hydrogen-bond donors (Lipinski definition) is 5. The number of nitrogens with one attached hydrogen (secondary N) is 1. The summed E-state index contributed by atoms with van der Waals surface area (Å²) in [6.07, 6.45) is 5.93. The van der Waals surface area contributed by atoms with E-state index in [0.29, 0.717) is 19.3 Å². The molecule has 0 bridgehead atoms. The van der Waals surface area contributed by atoms with E-state index in [-0.39, 0.29) is 12.5 Å². The van der Waals surface area contributed by atoms with Crippen LogP contribution in [0.5, 0.6) is 0 Å². The fourth-order valence-electron chi connectivity index (χ4n) is 5.98. The predicted molar refractivity (Wildman–Crippen MR) is 118 cm³/mol.